The van der Waals surface area contributed by atoms with Crippen LogP contribution in [0.4, 0.5) is 4.39 Å². The quantitative estimate of drug-likeness (QED) is 0.939. The van der Waals surface area contributed by atoms with Gasteiger partial charge >= 0.3 is 0 Å². The smallest absolute Gasteiger partial charge is 0.129 e. The third-order valence-corrected chi connectivity index (χ3v) is 3.84. The topological polar surface area (TPSA) is 38.0 Å². The molecule has 20 heavy (non-hydrogen) atoms. The molecule has 0 aliphatic rings. The van der Waals surface area contributed by atoms with Crippen LogP contribution in [0.25, 0.3) is 0 Å². The van der Waals surface area contributed by atoms with E-state index in [-0.39, 0.29) is 12.0 Å². The summed E-state index contributed by atoms with van der Waals surface area (Å²) < 4.78 is 15.5. The Morgan fingerprint density at radius 3 is 2.70 bits per heavy atom. The van der Waals surface area contributed by atoms with E-state index in [1.165, 1.54) is 6.07 Å². The fourth-order valence-electron chi connectivity index (χ4n) is 2.24. The Balaban J connectivity index is 2.27. The molecule has 0 aliphatic heterocycles. The van der Waals surface area contributed by atoms with Gasteiger partial charge < -0.3 is 5.11 Å². The molecule has 2 aromatic rings. The minimum Gasteiger partial charge on any atom is -0.388 e. The first-order valence-corrected chi connectivity index (χ1v) is 6.96. The molecule has 1 N–H and O–H groups in total. The summed E-state index contributed by atoms with van der Waals surface area (Å²) in [5.74, 6) is -0.397. The van der Waals surface area contributed by atoms with Crippen LogP contribution >= 0.6 is 11.6 Å². The average molecular weight is 297 g/mol. The first-order valence-electron chi connectivity index (χ1n) is 6.58. The Hall–Kier alpha value is -1.39. The highest BCUT2D eigenvalue weighted by atomic mass is 35.5. The lowest BCUT2D eigenvalue weighted by molar-refractivity contribution is 0.171. The van der Waals surface area contributed by atoms with Crippen molar-refractivity contribution in [1.82, 2.24) is 9.78 Å². The van der Waals surface area contributed by atoms with Gasteiger partial charge in [0.25, 0.3) is 0 Å². The van der Waals surface area contributed by atoms with Gasteiger partial charge in [-0.1, -0.05) is 30.7 Å². The van der Waals surface area contributed by atoms with Gasteiger partial charge in [0, 0.05) is 19.0 Å². The van der Waals surface area contributed by atoms with Crippen LogP contribution in [0.1, 0.15) is 35.5 Å². The van der Waals surface area contributed by atoms with Gasteiger partial charge in [-0.3, -0.25) is 4.68 Å². The molecule has 1 unspecified atom stereocenters. The van der Waals surface area contributed by atoms with E-state index >= 15 is 0 Å². The number of benzene rings is 1. The highest BCUT2D eigenvalue weighted by molar-refractivity contribution is 6.31. The van der Waals surface area contributed by atoms with Crippen molar-refractivity contribution in [3.63, 3.8) is 0 Å². The molecule has 1 aromatic heterocycles. The predicted molar refractivity (Wildman–Crippen MR) is 77.4 cm³/mol. The summed E-state index contributed by atoms with van der Waals surface area (Å²) in [6.45, 7) is 3.78. The molecule has 108 valence electrons. The van der Waals surface area contributed by atoms with Crippen LogP contribution in [0.5, 0.6) is 0 Å². The van der Waals surface area contributed by atoms with Crippen LogP contribution in [-0.2, 0) is 19.9 Å². The van der Waals surface area contributed by atoms with Crippen LogP contribution in [0, 0.1) is 12.7 Å². The van der Waals surface area contributed by atoms with Gasteiger partial charge in [0.1, 0.15) is 5.82 Å². The molecule has 0 saturated heterocycles. The molecule has 0 aliphatic carbocycles. The number of aliphatic hydroxyl groups is 1. The van der Waals surface area contributed by atoms with E-state index in [4.69, 9.17) is 11.6 Å². The van der Waals surface area contributed by atoms with Crippen LogP contribution < -0.4 is 0 Å². The van der Waals surface area contributed by atoms with Crippen molar-refractivity contribution in [2.75, 3.05) is 0 Å². The SMILES string of the molecule is CCc1nn(C)c(CC(O)c2ccc(C)cc2F)c1Cl. The zero-order valence-corrected chi connectivity index (χ0v) is 12.6. The zero-order chi connectivity index (χ0) is 14.9. The second kappa shape index (κ2) is 5.94. The maximum atomic E-state index is 13.9. The Kier molecular flexibility index (Phi) is 4.45. The van der Waals surface area contributed by atoms with Crippen LogP contribution in [0.3, 0.4) is 0 Å². The first-order chi connectivity index (χ1) is 9.43. The summed E-state index contributed by atoms with van der Waals surface area (Å²) in [7, 11) is 1.78. The number of hydrogen-bond donors (Lipinski definition) is 1. The maximum Gasteiger partial charge on any atom is 0.129 e. The minimum absolute atomic E-state index is 0.238. The monoisotopic (exact) mass is 296 g/mol. The van der Waals surface area contributed by atoms with E-state index in [9.17, 15) is 9.50 Å². The molecule has 0 spiro atoms. The summed E-state index contributed by atoms with van der Waals surface area (Å²) in [5, 5.41) is 15.1. The molecule has 0 fully saturated rings. The summed E-state index contributed by atoms with van der Waals surface area (Å²) in [6.07, 6.45) is 0.0254. The van der Waals surface area contributed by atoms with E-state index in [0.717, 1.165) is 23.4 Å². The van der Waals surface area contributed by atoms with E-state index in [1.54, 1.807) is 23.9 Å². The van der Waals surface area contributed by atoms with Crippen molar-refractivity contribution in [3.05, 3.63) is 51.6 Å². The molecular formula is C15H18ClFN2O. The Morgan fingerprint density at radius 1 is 1.45 bits per heavy atom. The second-order valence-corrected chi connectivity index (χ2v) is 5.31. The van der Waals surface area contributed by atoms with Gasteiger partial charge in [0.05, 0.1) is 22.5 Å². The van der Waals surface area contributed by atoms with Gasteiger partial charge in [-0.05, 0) is 25.0 Å². The number of aryl methyl sites for hydroxylation is 3. The fourth-order valence-corrected chi connectivity index (χ4v) is 2.61. The third kappa shape index (κ3) is 2.86. The van der Waals surface area contributed by atoms with Crippen molar-refractivity contribution in [2.24, 2.45) is 7.05 Å². The molecule has 1 atom stereocenters. The van der Waals surface area contributed by atoms with Gasteiger partial charge in [0.15, 0.2) is 0 Å². The van der Waals surface area contributed by atoms with E-state index in [1.807, 2.05) is 13.8 Å². The maximum absolute atomic E-state index is 13.9. The molecule has 2 rings (SSSR count). The van der Waals surface area contributed by atoms with E-state index in [2.05, 4.69) is 5.10 Å². The Bertz CT molecular complexity index is 625. The molecular weight excluding hydrogens is 279 g/mol. The summed E-state index contributed by atoms with van der Waals surface area (Å²) in [5.41, 5.74) is 2.62. The average Bonchev–Trinajstić information content (AvgIpc) is 2.66. The van der Waals surface area contributed by atoms with Gasteiger partial charge in [-0.2, -0.15) is 5.10 Å². The number of aromatic nitrogens is 2. The van der Waals surface area contributed by atoms with Crippen LogP contribution in [0.15, 0.2) is 18.2 Å². The lowest BCUT2D eigenvalue weighted by Crippen LogP contribution is -2.08. The Morgan fingerprint density at radius 2 is 2.15 bits per heavy atom. The number of aliphatic hydroxyl groups excluding tert-OH is 1. The van der Waals surface area contributed by atoms with Crippen molar-refractivity contribution in [2.45, 2.75) is 32.8 Å². The molecule has 0 bridgehead atoms. The highest BCUT2D eigenvalue weighted by Crippen LogP contribution is 2.27. The summed E-state index contributed by atoms with van der Waals surface area (Å²) >= 11 is 6.24. The normalized spacial score (nSPS) is 12.7. The minimum atomic E-state index is -0.937. The van der Waals surface area contributed by atoms with E-state index < -0.39 is 11.9 Å². The molecule has 0 radical (unpaired) electrons. The van der Waals surface area contributed by atoms with Crippen molar-refractivity contribution >= 4 is 11.6 Å². The largest absolute Gasteiger partial charge is 0.388 e. The van der Waals surface area contributed by atoms with Crippen LogP contribution in [0.2, 0.25) is 5.02 Å². The molecule has 5 heteroatoms. The van der Waals surface area contributed by atoms with Crippen LogP contribution in [-0.4, -0.2) is 14.9 Å². The molecule has 3 nitrogen and oxygen atoms in total. The number of nitrogens with zero attached hydrogens (tertiary/aromatic N) is 2. The second-order valence-electron chi connectivity index (χ2n) is 4.93. The zero-order valence-electron chi connectivity index (χ0n) is 11.8. The molecule has 0 saturated carbocycles. The number of hydrogen-bond acceptors (Lipinski definition) is 2. The van der Waals surface area contributed by atoms with Crippen molar-refractivity contribution in [1.29, 1.82) is 0 Å². The molecule has 0 amide bonds. The summed E-state index contributed by atoms with van der Waals surface area (Å²) in [6, 6.07) is 4.81. The van der Waals surface area contributed by atoms with Gasteiger partial charge in [-0.15, -0.1) is 0 Å². The Labute approximate surface area is 123 Å². The van der Waals surface area contributed by atoms with Gasteiger partial charge in [-0.25, -0.2) is 4.39 Å². The number of rotatable bonds is 4. The molecule has 1 heterocycles. The van der Waals surface area contributed by atoms with Crippen molar-refractivity contribution in [3.8, 4) is 0 Å². The summed E-state index contributed by atoms with van der Waals surface area (Å²) in [4.78, 5) is 0. The van der Waals surface area contributed by atoms with Gasteiger partial charge in [0.2, 0.25) is 0 Å². The van der Waals surface area contributed by atoms with E-state index in [0.29, 0.717) is 5.02 Å². The third-order valence-electron chi connectivity index (χ3n) is 3.40. The molecule has 1 aromatic carbocycles. The highest BCUT2D eigenvalue weighted by Gasteiger charge is 2.19. The van der Waals surface area contributed by atoms with Crippen molar-refractivity contribution < 1.29 is 9.50 Å². The lowest BCUT2D eigenvalue weighted by atomic mass is 10.0. The fraction of sp³-hybridized carbons (Fsp3) is 0.400. The predicted octanol–water partition coefficient (Wildman–Crippen LogP) is 3.36. The number of halogens is 2. The standard InChI is InChI=1S/C15H18ClFN2O/c1-4-12-15(16)13(19(3)18-12)8-14(20)10-6-5-9(2)7-11(10)17/h5-7,14,20H,4,8H2,1-3H3. The lowest BCUT2D eigenvalue weighted by Gasteiger charge is -2.13. The first kappa shape index (κ1) is 15.0.